The van der Waals surface area contributed by atoms with E-state index < -0.39 is 5.97 Å². The maximum absolute atomic E-state index is 11.8. The second-order valence-corrected chi connectivity index (χ2v) is 4.64. The molecule has 2 heterocycles. The van der Waals surface area contributed by atoms with Gasteiger partial charge in [-0.3, -0.25) is 9.69 Å². The van der Waals surface area contributed by atoms with E-state index in [1.807, 2.05) is 0 Å². The van der Waals surface area contributed by atoms with Crippen molar-refractivity contribution in [2.24, 2.45) is 5.92 Å². The van der Waals surface area contributed by atoms with Crippen molar-refractivity contribution < 1.29 is 18.8 Å². The number of halogens is 1. The van der Waals surface area contributed by atoms with Gasteiger partial charge in [-0.25, -0.2) is 4.79 Å². The number of hydrogen-bond donors (Lipinski definition) is 0. The fourth-order valence-corrected chi connectivity index (χ4v) is 2.29. The highest BCUT2D eigenvalue weighted by atomic mass is 79.9. The van der Waals surface area contributed by atoms with Gasteiger partial charge in [-0.05, 0) is 12.8 Å². The van der Waals surface area contributed by atoms with Crippen molar-refractivity contribution in [3.63, 3.8) is 0 Å². The number of ether oxygens (including phenoxy) is 1. The van der Waals surface area contributed by atoms with Gasteiger partial charge in [0, 0.05) is 18.3 Å². The van der Waals surface area contributed by atoms with E-state index in [9.17, 15) is 9.59 Å². The molecule has 0 radical (unpaired) electrons. The van der Waals surface area contributed by atoms with Crippen molar-refractivity contribution in [2.75, 3.05) is 23.4 Å². The zero-order chi connectivity index (χ0) is 13.1. The summed E-state index contributed by atoms with van der Waals surface area (Å²) in [6, 6.07) is 0. The lowest BCUT2D eigenvalue weighted by Crippen LogP contribution is -2.26. The van der Waals surface area contributed by atoms with Crippen molar-refractivity contribution in [3.05, 3.63) is 11.8 Å². The summed E-state index contributed by atoms with van der Waals surface area (Å²) in [5, 5.41) is 4.31. The van der Waals surface area contributed by atoms with Gasteiger partial charge in [0.1, 0.15) is 5.56 Å². The van der Waals surface area contributed by atoms with Crippen LogP contribution < -0.4 is 4.90 Å². The molecule has 1 fully saturated rings. The molecule has 2 rings (SSSR count). The Kier molecular flexibility index (Phi) is 4.00. The zero-order valence-corrected chi connectivity index (χ0v) is 11.5. The highest BCUT2D eigenvalue weighted by Gasteiger charge is 2.35. The summed E-state index contributed by atoms with van der Waals surface area (Å²) in [7, 11) is 0. The second-order valence-electron chi connectivity index (χ2n) is 3.99. The third-order valence-corrected chi connectivity index (χ3v) is 3.63. The lowest BCUT2D eigenvalue weighted by molar-refractivity contribution is -0.117. The number of esters is 1. The maximum Gasteiger partial charge on any atom is 0.345 e. The average molecular weight is 317 g/mol. The van der Waals surface area contributed by atoms with Gasteiger partial charge in [-0.2, -0.15) is 0 Å². The van der Waals surface area contributed by atoms with Gasteiger partial charge < -0.3 is 9.26 Å². The van der Waals surface area contributed by atoms with E-state index in [2.05, 4.69) is 21.1 Å². The second kappa shape index (κ2) is 5.51. The summed E-state index contributed by atoms with van der Waals surface area (Å²) in [5.74, 6) is -0.190. The quantitative estimate of drug-likeness (QED) is 0.623. The number of carbonyl (C=O) groups excluding carboxylic acids is 2. The molecule has 0 N–H and O–H groups in total. The topological polar surface area (TPSA) is 72.6 Å². The van der Waals surface area contributed by atoms with Crippen LogP contribution in [-0.4, -0.2) is 35.5 Å². The van der Waals surface area contributed by atoms with Gasteiger partial charge in [-0.15, -0.1) is 0 Å². The molecule has 98 valence electrons. The average Bonchev–Trinajstić information content (AvgIpc) is 2.94. The van der Waals surface area contributed by atoms with Crippen molar-refractivity contribution in [2.45, 2.75) is 13.3 Å². The van der Waals surface area contributed by atoms with Crippen LogP contribution in [0.25, 0.3) is 0 Å². The summed E-state index contributed by atoms with van der Waals surface area (Å²) in [4.78, 5) is 25.0. The molecule has 1 aliphatic heterocycles. The summed E-state index contributed by atoms with van der Waals surface area (Å²) in [6.45, 7) is 2.50. The van der Waals surface area contributed by atoms with Crippen LogP contribution in [0.4, 0.5) is 5.88 Å². The number of nitrogens with zero attached hydrogens (tertiary/aromatic N) is 2. The molecule has 7 heteroatoms. The Balaban J connectivity index is 2.21. The Morgan fingerprint density at radius 1 is 1.72 bits per heavy atom. The molecular formula is C11H13BrN2O4. The standard InChI is InChI=1S/C11H13BrN2O4/c1-2-17-11(16)8-5-13-18-10(8)14-6-7(4-12)3-9(14)15/h5,7H,2-4,6H2,1H3. The number of aromatic nitrogens is 1. The Bertz CT molecular complexity index is 460. The molecule has 1 aromatic rings. The van der Waals surface area contributed by atoms with Crippen LogP contribution in [0.15, 0.2) is 10.7 Å². The van der Waals surface area contributed by atoms with Crippen LogP contribution >= 0.6 is 15.9 Å². The first-order chi connectivity index (χ1) is 8.67. The molecule has 1 amide bonds. The van der Waals surface area contributed by atoms with Crippen LogP contribution in [0.3, 0.4) is 0 Å². The normalized spacial score (nSPS) is 19.3. The summed E-state index contributed by atoms with van der Waals surface area (Å²) >= 11 is 3.35. The lowest BCUT2D eigenvalue weighted by Gasteiger charge is -2.13. The van der Waals surface area contributed by atoms with E-state index in [-0.39, 0.29) is 29.9 Å². The van der Waals surface area contributed by atoms with Crippen LogP contribution in [-0.2, 0) is 9.53 Å². The number of alkyl halides is 1. The predicted molar refractivity (Wildman–Crippen MR) is 66.7 cm³/mol. The molecular weight excluding hydrogens is 304 g/mol. The molecule has 18 heavy (non-hydrogen) atoms. The lowest BCUT2D eigenvalue weighted by atomic mass is 10.2. The minimum atomic E-state index is -0.524. The van der Waals surface area contributed by atoms with Crippen molar-refractivity contribution in [3.8, 4) is 0 Å². The Morgan fingerprint density at radius 2 is 2.50 bits per heavy atom. The monoisotopic (exact) mass is 316 g/mol. The molecule has 1 atom stereocenters. The van der Waals surface area contributed by atoms with Crippen LogP contribution in [0, 0.1) is 5.92 Å². The number of rotatable bonds is 4. The van der Waals surface area contributed by atoms with Gasteiger partial charge >= 0.3 is 5.97 Å². The van der Waals surface area contributed by atoms with E-state index in [1.54, 1.807) is 6.92 Å². The zero-order valence-electron chi connectivity index (χ0n) is 9.89. The van der Waals surface area contributed by atoms with Gasteiger partial charge in [-0.1, -0.05) is 21.1 Å². The molecule has 0 spiro atoms. The molecule has 0 aromatic carbocycles. The molecule has 0 saturated carbocycles. The van der Waals surface area contributed by atoms with Crippen molar-refractivity contribution >= 4 is 33.7 Å². The minimum Gasteiger partial charge on any atom is -0.462 e. The smallest absolute Gasteiger partial charge is 0.345 e. The number of anilines is 1. The van der Waals surface area contributed by atoms with Crippen LogP contribution in [0.1, 0.15) is 23.7 Å². The molecule has 1 saturated heterocycles. The number of hydrogen-bond acceptors (Lipinski definition) is 5. The summed E-state index contributed by atoms with van der Waals surface area (Å²) < 4.78 is 9.91. The van der Waals surface area contributed by atoms with Gasteiger partial charge in [0.25, 0.3) is 0 Å². The van der Waals surface area contributed by atoms with Crippen LogP contribution in [0.2, 0.25) is 0 Å². The first kappa shape index (κ1) is 13.1. The Labute approximate surface area is 112 Å². The van der Waals surface area contributed by atoms with Gasteiger partial charge in [0.15, 0.2) is 0 Å². The van der Waals surface area contributed by atoms with Crippen molar-refractivity contribution in [1.29, 1.82) is 0 Å². The first-order valence-electron chi connectivity index (χ1n) is 5.65. The molecule has 0 aliphatic carbocycles. The third kappa shape index (κ3) is 2.40. The largest absolute Gasteiger partial charge is 0.462 e. The highest BCUT2D eigenvalue weighted by Crippen LogP contribution is 2.29. The third-order valence-electron chi connectivity index (χ3n) is 2.72. The maximum atomic E-state index is 11.8. The first-order valence-corrected chi connectivity index (χ1v) is 6.77. The predicted octanol–water partition coefficient (Wildman–Crippen LogP) is 1.60. The number of carbonyl (C=O) groups is 2. The Morgan fingerprint density at radius 3 is 3.11 bits per heavy atom. The molecule has 0 bridgehead atoms. The van der Waals surface area contributed by atoms with E-state index in [1.165, 1.54) is 11.1 Å². The fourth-order valence-electron chi connectivity index (χ4n) is 1.86. The van der Waals surface area contributed by atoms with Gasteiger partial charge in [0.05, 0.1) is 12.8 Å². The van der Waals surface area contributed by atoms with Crippen LogP contribution in [0.5, 0.6) is 0 Å². The van der Waals surface area contributed by atoms with Crippen molar-refractivity contribution in [1.82, 2.24) is 5.16 Å². The SMILES string of the molecule is CCOC(=O)c1cnoc1N1CC(CBr)CC1=O. The molecule has 1 unspecified atom stereocenters. The fraction of sp³-hybridized carbons (Fsp3) is 0.545. The molecule has 1 aromatic heterocycles. The minimum absolute atomic E-state index is 0.0678. The summed E-state index contributed by atoms with van der Waals surface area (Å²) in [5.41, 5.74) is 0.195. The molecule has 6 nitrogen and oxygen atoms in total. The van der Waals surface area contributed by atoms with E-state index in [0.717, 1.165) is 5.33 Å². The number of amides is 1. The highest BCUT2D eigenvalue weighted by molar-refractivity contribution is 9.09. The van der Waals surface area contributed by atoms with Gasteiger partial charge in [0.2, 0.25) is 11.8 Å². The van der Waals surface area contributed by atoms with E-state index >= 15 is 0 Å². The summed E-state index contributed by atoms with van der Waals surface area (Å²) in [6.07, 6.45) is 1.72. The Hall–Kier alpha value is -1.37. The van der Waals surface area contributed by atoms with E-state index in [0.29, 0.717) is 13.0 Å². The van der Waals surface area contributed by atoms with E-state index in [4.69, 9.17) is 9.26 Å². The molecule has 1 aliphatic rings.